The molecule has 0 aromatic heterocycles. The average molecular weight is 252 g/mol. The Morgan fingerprint density at radius 3 is 2.12 bits per heavy atom. The van der Waals surface area contributed by atoms with Gasteiger partial charge in [-0.15, -0.1) is 0 Å². The van der Waals surface area contributed by atoms with E-state index in [2.05, 4.69) is 4.40 Å². The summed E-state index contributed by atoms with van der Waals surface area (Å²) in [6.07, 6.45) is 1.67. The quantitative estimate of drug-likeness (QED) is 0.775. The standard InChI is InChI=1S/C13H20N2OS/c1-13(2,3)17(16)14-10-11-6-8-12(9-7-11)15(4)5/h6-10H,1-5H3/b14-10+/t17-/m1/s1. The van der Waals surface area contributed by atoms with Crippen LogP contribution in [0, 0.1) is 0 Å². The van der Waals surface area contributed by atoms with Crippen molar-refractivity contribution >= 4 is 22.9 Å². The van der Waals surface area contributed by atoms with Gasteiger partial charge < -0.3 is 4.90 Å². The first-order valence-electron chi connectivity index (χ1n) is 5.54. The minimum Gasteiger partial charge on any atom is -0.378 e. The third-order valence-electron chi connectivity index (χ3n) is 2.23. The van der Waals surface area contributed by atoms with Crippen LogP contribution in [0.5, 0.6) is 0 Å². The predicted molar refractivity (Wildman–Crippen MR) is 76.3 cm³/mol. The number of rotatable bonds is 3. The van der Waals surface area contributed by atoms with E-state index in [9.17, 15) is 4.21 Å². The van der Waals surface area contributed by atoms with E-state index < -0.39 is 11.0 Å². The monoisotopic (exact) mass is 252 g/mol. The Bertz CT molecular complexity index is 416. The first-order chi connectivity index (χ1) is 7.80. The van der Waals surface area contributed by atoms with E-state index in [4.69, 9.17) is 0 Å². The van der Waals surface area contributed by atoms with Crippen LogP contribution >= 0.6 is 0 Å². The third-order valence-corrected chi connectivity index (χ3v) is 3.58. The second kappa shape index (κ2) is 5.45. The number of nitrogens with zero attached hydrogens (tertiary/aromatic N) is 2. The van der Waals surface area contributed by atoms with Gasteiger partial charge in [0.1, 0.15) is 11.0 Å². The van der Waals surface area contributed by atoms with Crippen LogP contribution in [0.4, 0.5) is 5.69 Å². The number of anilines is 1. The lowest BCUT2D eigenvalue weighted by Crippen LogP contribution is -2.19. The van der Waals surface area contributed by atoms with Gasteiger partial charge in [-0.1, -0.05) is 12.1 Å². The summed E-state index contributed by atoms with van der Waals surface area (Å²) in [4.78, 5) is 2.04. The van der Waals surface area contributed by atoms with Gasteiger partial charge in [-0.2, -0.15) is 4.40 Å². The highest BCUT2D eigenvalue weighted by atomic mass is 32.2. The van der Waals surface area contributed by atoms with E-state index in [0.717, 1.165) is 11.3 Å². The summed E-state index contributed by atoms with van der Waals surface area (Å²) in [6.45, 7) is 5.74. The largest absolute Gasteiger partial charge is 0.378 e. The molecule has 0 aliphatic heterocycles. The fourth-order valence-corrected chi connectivity index (χ4v) is 1.66. The summed E-state index contributed by atoms with van der Waals surface area (Å²) in [6, 6.07) is 7.97. The summed E-state index contributed by atoms with van der Waals surface area (Å²) in [5, 5.41) is 0. The fraction of sp³-hybridized carbons (Fsp3) is 0.462. The maximum absolute atomic E-state index is 11.7. The van der Waals surface area contributed by atoms with Crippen molar-refractivity contribution in [3.8, 4) is 0 Å². The Labute approximate surface area is 106 Å². The molecule has 4 heteroatoms. The Hall–Kier alpha value is -1.16. The molecule has 0 heterocycles. The van der Waals surface area contributed by atoms with E-state index in [0.29, 0.717) is 0 Å². The first-order valence-corrected chi connectivity index (χ1v) is 6.65. The van der Waals surface area contributed by atoms with Crippen molar-refractivity contribution in [3.05, 3.63) is 29.8 Å². The highest BCUT2D eigenvalue weighted by Gasteiger charge is 2.17. The van der Waals surface area contributed by atoms with Crippen molar-refractivity contribution in [1.82, 2.24) is 0 Å². The molecule has 3 nitrogen and oxygen atoms in total. The molecule has 94 valence electrons. The topological polar surface area (TPSA) is 32.7 Å². The molecule has 0 saturated carbocycles. The summed E-state index contributed by atoms with van der Waals surface area (Å²) >= 11 is 0. The molecule has 0 saturated heterocycles. The van der Waals surface area contributed by atoms with Gasteiger partial charge in [0.15, 0.2) is 0 Å². The second-order valence-corrected chi connectivity index (χ2v) is 7.02. The highest BCUT2D eigenvalue weighted by molar-refractivity contribution is 7.85. The summed E-state index contributed by atoms with van der Waals surface area (Å²) in [5.74, 6) is 0. The maximum Gasteiger partial charge on any atom is 0.144 e. The van der Waals surface area contributed by atoms with Gasteiger partial charge in [-0.05, 0) is 38.5 Å². The van der Waals surface area contributed by atoms with E-state index in [1.165, 1.54) is 0 Å². The van der Waals surface area contributed by atoms with Gasteiger partial charge >= 0.3 is 0 Å². The van der Waals surface area contributed by atoms with Crippen LogP contribution in [0.3, 0.4) is 0 Å². The van der Waals surface area contributed by atoms with Crippen LogP contribution in [-0.2, 0) is 11.0 Å². The molecule has 0 aliphatic carbocycles. The van der Waals surface area contributed by atoms with Gasteiger partial charge in [0.25, 0.3) is 0 Å². The molecule has 1 rings (SSSR count). The maximum atomic E-state index is 11.7. The zero-order valence-electron chi connectivity index (χ0n) is 11.1. The predicted octanol–water partition coefficient (Wildman–Crippen LogP) is 2.63. The first kappa shape index (κ1) is 13.9. The van der Waals surface area contributed by atoms with Crippen LogP contribution in [0.1, 0.15) is 26.3 Å². The Kier molecular flexibility index (Phi) is 4.46. The lowest BCUT2D eigenvalue weighted by Gasteiger charge is -2.13. The van der Waals surface area contributed by atoms with Gasteiger partial charge in [-0.25, -0.2) is 4.21 Å². The molecule has 1 atom stereocenters. The van der Waals surface area contributed by atoms with Gasteiger partial charge in [0.05, 0.1) is 4.75 Å². The molecule has 0 spiro atoms. The average Bonchev–Trinajstić information content (AvgIpc) is 2.25. The molecular weight excluding hydrogens is 232 g/mol. The summed E-state index contributed by atoms with van der Waals surface area (Å²) in [7, 11) is 2.80. The van der Waals surface area contributed by atoms with Crippen LogP contribution < -0.4 is 4.90 Å². The van der Waals surface area contributed by atoms with Crippen molar-refractivity contribution < 1.29 is 4.21 Å². The Balaban J connectivity index is 2.76. The van der Waals surface area contributed by atoms with Gasteiger partial charge in [-0.3, -0.25) is 0 Å². The molecule has 0 radical (unpaired) electrons. The van der Waals surface area contributed by atoms with Crippen molar-refractivity contribution in [2.45, 2.75) is 25.5 Å². The highest BCUT2D eigenvalue weighted by Crippen LogP contribution is 2.14. The lowest BCUT2D eigenvalue weighted by molar-refractivity contribution is 0.651. The molecule has 1 aromatic carbocycles. The van der Waals surface area contributed by atoms with Crippen LogP contribution in [0.2, 0.25) is 0 Å². The van der Waals surface area contributed by atoms with Crippen molar-refractivity contribution in [3.63, 3.8) is 0 Å². The van der Waals surface area contributed by atoms with Crippen LogP contribution in [0.15, 0.2) is 28.7 Å². The molecule has 0 unspecified atom stereocenters. The molecule has 1 aromatic rings. The molecule has 0 bridgehead atoms. The third kappa shape index (κ3) is 4.30. The fourth-order valence-electron chi connectivity index (χ4n) is 1.13. The normalized spacial score (nSPS) is 13.9. The van der Waals surface area contributed by atoms with Crippen molar-refractivity contribution in [2.75, 3.05) is 19.0 Å². The zero-order valence-corrected chi connectivity index (χ0v) is 11.9. The van der Waals surface area contributed by atoms with Gasteiger partial charge in [0.2, 0.25) is 0 Å². The molecule has 0 aliphatic rings. The molecule has 0 N–H and O–H groups in total. The van der Waals surface area contributed by atoms with E-state index in [1.54, 1.807) is 6.21 Å². The van der Waals surface area contributed by atoms with Crippen LogP contribution in [0.25, 0.3) is 0 Å². The van der Waals surface area contributed by atoms with E-state index in [-0.39, 0.29) is 4.75 Å². The Morgan fingerprint density at radius 1 is 1.18 bits per heavy atom. The van der Waals surface area contributed by atoms with Crippen molar-refractivity contribution in [2.24, 2.45) is 4.40 Å². The van der Waals surface area contributed by atoms with E-state index in [1.807, 2.05) is 64.0 Å². The van der Waals surface area contributed by atoms with Crippen LogP contribution in [-0.4, -0.2) is 29.3 Å². The molecular formula is C13H20N2OS. The molecule has 17 heavy (non-hydrogen) atoms. The number of hydrogen-bond acceptors (Lipinski definition) is 2. The molecule has 0 amide bonds. The lowest BCUT2D eigenvalue weighted by atomic mass is 10.2. The number of benzene rings is 1. The summed E-state index contributed by atoms with van der Waals surface area (Å²) in [5.41, 5.74) is 2.10. The van der Waals surface area contributed by atoms with Crippen molar-refractivity contribution in [1.29, 1.82) is 0 Å². The zero-order chi connectivity index (χ0) is 13.1. The molecule has 0 fully saturated rings. The Morgan fingerprint density at radius 2 is 1.71 bits per heavy atom. The van der Waals surface area contributed by atoms with E-state index >= 15 is 0 Å². The minimum absolute atomic E-state index is 0.305. The smallest absolute Gasteiger partial charge is 0.144 e. The number of hydrogen-bond donors (Lipinski definition) is 0. The minimum atomic E-state index is -1.19. The van der Waals surface area contributed by atoms with Gasteiger partial charge in [0, 0.05) is 26.0 Å². The summed E-state index contributed by atoms with van der Waals surface area (Å²) < 4.78 is 15.5. The SMILES string of the molecule is CN(C)c1ccc(/C=N/[S@](=O)C(C)(C)C)cc1. The second-order valence-electron chi connectivity index (χ2n) is 5.08.